The number of amides is 1. The van der Waals surface area contributed by atoms with Crippen LogP contribution in [0.3, 0.4) is 0 Å². The summed E-state index contributed by atoms with van der Waals surface area (Å²) in [7, 11) is 0. The zero-order valence-corrected chi connectivity index (χ0v) is 17.2. The molecule has 1 amide bonds. The Kier molecular flexibility index (Phi) is 4.56. The highest BCUT2D eigenvalue weighted by Crippen LogP contribution is 2.44. The van der Waals surface area contributed by atoms with Crippen LogP contribution in [0.25, 0.3) is 0 Å². The zero-order valence-electron chi connectivity index (χ0n) is 15.0. The molecule has 0 aliphatic carbocycles. The number of carbonyl (C=O) groups excluding carboxylic acids is 1. The van der Waals surface area contributed by atoms with E-state index in [1.54, 1.807) is 0 Å². The molecular weight excluding hydrogens is 453 g/mol. The van der Waals surface area contributed by atoms with Crippen molar-refractivity contribution >= 4 is 34.2 Å². The lowest BCUT2D eigenvalue weighted by Crippen LogP contribution is -2.58. The Morgan fingerprint density at radius 3 is 2.31 bits per heavy atom. The summed E-state index contributed by atoms with van der Waals surface area (Å²) in [5, 5.41) is 2.92. The van der Waals surface area contributed by atoms with E-state index in [4.69, 9.17) is 23.7 Å². The van der Waals surface area contributed by atoms with Gasteiger partial charge >= 0.3 is 0 Å². The van der Waals surface area contributed by atoms with Gasteiger partial charge in [-0.3, -0.25) is 4.79 Å². The maximum absolute atomic E-state index is 13.0. The third-order valence-corrected chi connectivity index (χ3v) is 5.49. The summed E-state index contributed by atoms with van der Waals surface area (Å²) in [5.74, 6) is -1.93. The van der Waals surface area contributed by atoms with E-state index in [0.29, 0.717) is 0 Å². The first-order valence-electron chi connectivity index (χ1n) is 8.57. The summed E-state index contributed by atoms with van der Waals surface area (Å²) in [6, 6.07) is 7.55. The number of halogens is 1. The predicted molar refractivity (Wildman–Crippen MR) is 100 cm³/mol. The van der Waals surface area contributed by atoms with Gasteiger partial charge in [-0.1, -0.05) is 12.1 Å². The first-order chi connectivity index (χ1) is 12.2. The van der Waals surface area contributed by atoms with Crippen LogP contribution in [0.4, 0.5) is 5.69 Å². The number of nitrogens with one attached hydrogen (secondary N) is 1. The van der Waals surface area contributed by atoms with Crippen molar-refractivity contribution in [1.82, 2.24) is 0 Å². The van der Waals surface area contributed by atoms with Gasteiger partial charge in [-0.15, -0.1) is 0 Å². The highest BCUT2D eigenvalue weighted by atomic mass is 127. The number of anilines is 1. The molecular formula is C18H22INO6. The second-order valence-electron chi connectivity index (χ2n) is 7.56. The lowest BCUT2D eigenvalue weighted by molar-refractivity contribution is -0.229. The molecule has 142 valence electrons. The van der Waals surface area contributed by atoms with Crippen LogP contribution in [0.1, 0.15) is 27.7 Å². The van der Waals surface area contributed by atoms with Gasteiger partial charge in [0.25, 0.3) is 5.91 Å². The van der Waals surface area contributed by atoms with Gasteiger partial charge in [0.15, 0.2) is 24.0 Å². The van der Waals surface area contributed by atoms with Crippen LogP contribution < -0.4 is 5.32 Å². The molecule has 3 fully saturated rings. The first kappa shape index (κ1) is 18.6. The highest BCUT2D eigenvalue weighted by molar-refractivity contribution is 14.1. The second-order valence-corrected chi connectivity index (χ2v) is 8.72. The number of ether oxygens (including phenoxy) is 5. The predicted octanol–water partition coefficient (Wildman–Crippen LogP) is 2.63. The van der Waals surface area contributed by atoms with Gasteiger partial charge in [0.2, 0.25) is 0 Å². The van der Waals surface area contributed by atoms with E-state index in [0.717, 1.165) is 9.26 Å². The minimum absolute atomic E-state index is 0.294. The molecule has 0 unspecified atom stereocenters. The number of carbonyl (C=O) groups is 1. The molecule has 7 nitrogen and oxygen atoms in total. The topological polar surface area (TPSA) is 75.3 Å². The third kappa shape index (κ3) is 3.38. The van der Waals surface area contributed by atoms with Crippen molar-refractivity contribution in [3.05, 3.63) is 27.8 Å². The van der Waals surface area contributed by atoms with Crippen LogP contribution in [-0.4, -0.2) is 48.2 Å². The number of hydrogen-bond donors (Lipinski definition) is 1. The highest BCUT2D eigenvalue weighted by Gasteiger charge is 2.62. The van der Waals surface area contributed by atoms with Gasteiger partial charge in [-0.05, 0) is 62.4 Å². The Balaban J connectivity index is 1.59. The Morgan fingerprint density at radius 1 is 0.962 bits per heavy atom. The molecule has 26 heavy (non-hydrogen) atoms. The van der Waals surface area contributed by atoms with Crippen molar-refractivity contribution in [3.8, 4) is 0 Å². The van der Waals surface area contributed by atoms with Gasteiger partial charge in [-0.2, -0.15) is 0 Å². The summed E-state index contributed by atoms with van der Waals surface area (Å²) < 4.78 is 30.7. The SMILES string of the molecule is CC1(C)O[C@@H]2[C@@H](O1)[C@@H](C(=O)Nc1ccccc1I)O[C@H]1OC(C)(C)O[C@@H]12. The Hall–Kier alpha value is -0.780. The van der Waals surface area contributed by atoms with Gasteiger partial charge in [-0.25, -0.2) is 0 Å². The largest absolute Gasteiger partial charge is 0.342 e. The molecule has 3 heterocycles. The Morgan fingerprint density at radius 2 is 1.58 bits per heavy atom. The Labute approximate surface area is 165 Å². The molecule has 0 aromatic heterocycles. The van der Waals surface area contributed by atoms with E-state index in [9.17, 15) is 4.79 Å². The average molecular weight is 475 g/mol. The van der Waals surface area contributed by atoms with E-state index in [-0.39, 0.29) is 5.91 Å². The zero-order chi connectivity index (χ0) is 18.7. The molecule has 3 saturated heterocycles. The smallest absolute Gasteiger partial charge is 0.256 e. The normalized spacial score (nSPS) is 37.0. The lowest BCUT2D eigenvalue weighted by Gasteiger charge is -2.36. The number of para-hydroxylation sites is 1. The van der Waals surface area contributed by atoms with Gasteiger partial charge in [0, 0.05) is 3.57 Å². The fourth-order valence-corrected chi connectivity index (χ4v) is 4.11. The molecule has 0 spiro atoms. The van der Waals surface area contributed by atoms with Crippen LogP contribution >= 0.6 is 22.6 Å². The Bertz CT molecular complexity index is 723. The molecule has 0 radical (unpaired) electrons. The van der Waals surface area contributed by atoms with Gasteiger partial charge in [0.1, 0.15) is 18.3 Å². The summed E-state index contributed by atoms with van der Waals surface area (Å²) in [6.45, 7) is 7.25. The fourth-order valence-electron chi connectivity index (χ4n) is 3.59. The third-order valence-electron chi connectivity index (χ3n) is 4.54. The molecule has 5 atom stereocenters. The number of hydrogen-bond acceptors (Lipinski definition) is 6. The van der Waals surface area contributed by atoms with Crippen molar-refractivity contribution in [2.45, 2.75) is 70.0 Å². The van der Waals surface area contributed by atoms with Gasteiger partial charge < -0.3 is 29.0 Å². The molecule has 3 aliphatic rings. The molecule has 0 bridgehead atoms. The second kappa shape index (κ2) is 6.39. The lowest BCUT2D eigenvalue weighted by atomic mass is 9.98. The van der Waals surface area contributed by atoms with Crippen molar-refractivity contribution < 1.29 is 28.5 Å². The monoisotopic (exact) mass is 475 g/mol. The maximum Gasteiger partial charge on any atom is 0.256 e. The summed E-state index contributed by atoms with van der Waals surface area (Å²) in [5.41, 5.74) is 0.725. The van der Waals surface area contributed by atoms with Crippen molar-refractivity contribution in [2.24, 2.45) is 0 Å². The molecule has 0 saturated carbocycles. The van der Waals surface area contributed by atoms with Crippen LogP contribution in [0, 0.1) is 3.57 Å². The van der Waals surface area contributed by atoms with Crippen molar-refractivity contribution in [1.29, 1.82) is 0 Å². The van der Waals surface area contributed by atoms with Crippen molar-refractivity contribution in [2.75, 3.05) is 5.32 Å². The van der Waals surface area contributed by atoms with Crippen molar-refractivity contribution in [3.63, 3.8) is 0 Å². The van der Waals surface area contributed by atoms with Gasteiger partial charge in [0.05, 0.1) is 5.69 Å². The van der Waals surface area contributed by atoms with E-state index < -0.39 is 42.3 Å². The summed E-state index contributed by atoms with van der Waals surface area (Å²) in [6.07, 6.45) is -3.02. The van der Waals surface area contributed by atoms with E-state index >= 15 is 0 Å². The van der Waals surface area contributed by atoms with Crippen LogP contribution in [0.5, 0.6) is 0 Å². The average Bonchev–Trinajstić information content (AvgIpc) is 3.02. The van der Waals surface area contributed by atoms with E-state index in [1.165, 1.54) is 0 Å². The maximum atomic E-state index is 13.0. The molecule has 8 heteroatoms. The molecule has 1 N–H and O–H groups in total. The molecule has 3 aliphatic heterocycles. The fraction of sp³-hybridized carbons (Fsp3) is 0.611. The number of rotatable bonds is 2. The number of fused-ring (bicyclic) bond motifs is 3. The van der Waals surface area contributed by atoms with E-state index in [1.807, 2.05) is 52.0 Å². The minimum Gasteiger partial charge on any atom is -0.342 e. The summed E-state index contributed by atoms with van der Waals surface area (Å²) >= 11 is 2.17. The van der Waals surface area contributed by atoms with Crippen LogP contribution in [0.2, 0.25) is 0 Å². The number of benzene rings is 1. The van der Waals surface area contributed by atoms with E-state index in [2.05, 4.69) is 27.9 Å². The quantitative estimate of drug-likeness (QED) is 0.664. The minimum atomic E-state index is -0.864. The summed E-state index contributed by atoms with van der Waals surface area (Å²) in [4.78, 5) is 13.0. The molecule has 1 aromatic carbocycles. The van der Waals surface area contributed by atoms with Crippen LogP contribution in [0.15, 0.2) is 24.3 Å². The van der Waals surface area contributed by atoms with Crippen LogP contribution in [-0.2, 0) is 28.5 Å². The standard InChI is InChI=1S/C18H22INO6/c1-17(2)23-11-12(24-17)14-16(26-18(3,4)25-14)22-13(11)15(21)20-10-8-6-5-7-9(10)19/h5-8,11-14,16H,1-4H3,(H,20,21)/t11-,12-,13+,14-,16+/m1/s1. The molecule has 1 aromatic rings. The molecule has 4 rings (SSSR count). The first-order valence-corrected chi connectivity index (χ1v) is 9.65.